The van der Waals surface area contributed by atoms with E-state index >= 15 is 0 Å². The fourth-order valence-corrected chi connectivity index (χ4v) is 6.82. The number of aliphatic imine (C=N–C) groups is 1. The molecule has 5 atom stereocenters. The molecule has 3 aliphatic carbocycles. The molecule has 0 radical (unpaired) electrons. The Balaban J connectivity index is 1.41. The number of nitrogens with zero attached hydrogens (tertiary/aromatic N) is 2. The second-order valence-electron chi connectivity index (χ2n) is 9.66. The molecular weight excluding hydrogens is 352 g/mol. The Labute approximate surface area is 175 Å². The maximum atomic E-state index is 4.68. The van der Waals surface area contributed by atoms with E-state index in [0.29, 0.717) is 17.9 Å². The number of allylic oxidation sites excluding steroid dienone is 9. The van der Waals surface area contributed by atoms with Crippen LogP contribution in [0.15, 0.2) is 76.1 Å². The fourth-order valence-electron chi connectivity index (χ4n) is 6.82. The average Bonchev–Trinajstić information content (AvgIpc) is 2.91. The van der Waals surface area contributed by atoms with E-state index in [0.717, 1.165) is 18.4 Å². The van der Waals surface area contributed by atoms with E-state index < -0.39 is 0 Å². The lowest BCUT2D eigenvalue weighted by Crippen LogP contribution is -2.35. The largest absolute Gasteiger partial charge is 0.341 e. The molecule has 2 nitrogen and oxygen atoms in total. The van der Waals surface area contributed by atoms with Gasteiger partial charge in [-0.15, -0.1) is 0 Å². The molecule has 2 heteroatoms. The van der Waals surface area contributed by atoms with Crippen molar-refractivity contribution in [2.24, 2.45) is 28.7 Å². The molecule has 6 rings (SSSR count). The molecule has 6 aliphatic rings. The Morgan fingerprint density at radius 1 is 1.00 bits per heavy atom. The third kappa shape index (κ3) is 2.95. The van der Waals surface area contributed by atoms with Crippen LogP contribution in [0.1, 0.15) is 51.4 Å². The molecule has 150 valence electrons. The Bertz CT molecular complexity index is 893. The minimum atomic E-state index is 0.554. The highest BCUT2D eigenvalue weighted by atomic mass is 15.2. The average molecular weight is 385 g/mol. The second kappa shape index (κ2) is 7.31. The summed E-state index contributed by atoms with van der Waals surface area (Å²) in [7, 11) is 0. The molecule has 3 heterocycles. The van der Waals surface area contributed by atoms with E-state index in [1.165, 1.54) is 51.4 Å². The normalized spacial score (nSPS) is 37.4. The first kappa shape index (κ1) is 17.7. The quantitative estimate of drug-likeness (QED) is 0.559. The highest BCUT2D eigenvalue weighted by molar-refractivity contribution is 5.74. The van der Waals surface area contributed by atoms with Crippen molar-refractivity contribution >= 4 is 6.21 Å². The van der Waals surface area contributed by atoms with Crippen LogP contribution in [0.3, 0.4) is 0 Å². The lowest BCUT2D eigenvalue weighted by atomic mass is 9.72. The van der Waals surface area contributed by atoms with Gasteiger partial charge in [-0.2, -0.15) is 0 Å². The zero-order valence-corrected chi connectivity index (χ0v) is 17.3. The lowest BCUT2D eigenvalue weighted by Gasteiger charge is -2.38. The second-order valence-corrected chi connectivity index (χ2v) is 9.66. The van der Waals surface area contributed by atoms with E-state index in [1.54, 1.807) is 22.5 Å². The van der Waals surface area contributed by atoms with Gasteiger partial charge in [0.1, 0.15) is 0 Å². The van der Waals surface area contributed by atoms with Gasteiger partial charge in [0.25, 0.3) is 0 Å². The van der Waals surface area contributed by atoms with Crippen LogP contribution in [0, 0.1) is 23.7 Å². The van der Waals surface area contributed by atoms with Gasteiger partial charge in [0, 0.05) is 36.0 Å². The molecule has 0 aromatic heterocycles. The first-order chi connectivity index (χ1) is 14.4. The summed E-state index contributed by atoms with van der Waals surface area (Å²) in [6.45, 7) is 0.993. The summed E-state index contributed by atoms with van der Waals surface area (Å²) in [6.07, 6.45) is 31.3. The first-order valence-electron chi connectivity index (χ1n) is 11.8. The van der Waals surface area contributed by atoms with Crippen molar-refractivity contribution in [1.29, 1.82) is 0 Å². The molecule has 0 amide bonds. The van der Waals surface area contributed by atoms with Crippen LogP contribution in [-0.4, -0.2) is 23.7 Å². The highest BCUT2D eigenvalue weighted by Crippen LogP contribution is 2.55. The molecule has 1 saturated heterocycles. The summed E-state index contributed by atoms with van der Waals surface area (Å²) in [6, 6.07) is 0.554. The molecule has 3 aliphatic heterocycles. The number of fused-ring (bicyclic) bond motifs is 5. The zero-order chi connectivity index (χ0) is 19.2. The Hall–Kier alpha value is -2.09. The van der Waals surface area contributed by atoms with Gasteiger partial charge in [0.05, 0.1) is 6.04 Å². The van der Waals surface area contributed by atoms with E-state index in [9.17, 15) is 0 Å². The van der Waals surface area contributed by atoms with Crippen molar-refractivity contribution in [3.8, 4) is 0 Å². The van der Waals surface area contributed by atoms with Crippen LogP contribution in [0.5, 0.6) is 0 Å². The summed E-state index contributed by atoms with van der Waals surface area (Å²) in [5, 5.41) is 0. The molecule has 0 saturated carbocycles. The van der Waals surface area contributed by atoms with Crippen LogP contribution in [0.4, 0.5) is 0 Å². The van der Waals surface area contributed by atoms with Crippen molar-refractivity contribution < 1.29 is 0 Å². The summed E-state index contributed by atoms with van der Waals surface area (Å²) >= 11 is 0. The summed E-state index contributed by atoms with van der Waals surface area (Å²) in [4.78, 5) is 7.49. The van der Waals surface area contributed by atoms with Crippen molar-refractivity contribution in [1.82, 2.24) is 4.90 Å². The Morgan fingerprint density at radius 2 is 1.97 bits per heavy atom. The standard InChI is InChI=1S/C27H32N2/c1-2-4-8-19(7-3-1)17-21-12-14-23-24-18-28-16-15-26(24)29-25-10-6-5-9-20(25)11-13-22(21)27(23)29/h1-3,5,7,9,11,15-16,19,21,23-25H,4,6,8,10,12-14,17-18H2/t19?,21?,23-,24-,25?/m1/s1. The van der Waals surface area contributed by atoms with E-state index in [-0.39, 0.29) is 0 Å². The molecule has 0 aromatic carbocycles. The van der Waals surface area contributed by atoms with Crippen LogP contribution in [0.2, 0.25) is 0 Å². The number of rotatable bonds is 2. The molecule has 1 fully saturated rings. The molecule has 3 unspecified atom stereocenters. The van der Waals surface area contributed by atoms with E-state index in [2.05, 4.69) is 64.7 Å². The van der Waals surface area contributed by atoms with Crippen LogP contribution < -0.4 is 0 Å². The topological polar surface area (TPSA) is 15.6 Å². The zero-order valence-electron chi connectivity index (χ0n) is 17.3. The van der Waals surface area contributed by atoms with Crippen molar-refractivity contribution in [2.75, 3.05) is 6.54 Å². The van der Waals surface area contributed by atoms with Gasteiger partial charge in [-0.3, -0.25) is 4.99 Å². The fraction of sp³-hybridized carbons (Fsp3) is 0.519. The SMILES string of the molecule is C1=CCCC(CC2CC[C@H]3C4=C2CC=C2C=CCCC2N4C2=CC=NC[C@@H]23)C=C1. The highest BCUT2D eigenvalue weighted by Gasteiger charge is 2.49. The third-order valence-corrected chi connectivity index (χ3v) is 8.15. The van der Waals surface area contributed by atoms with Gasteiger partial charge in [-0.05, 0) is 80.4 Å². The molecule has 0 spiro atoms. The summed E-state index contributed by atoms with van der Waals surface area (Å²) in [5.41, 5.74) is 6.64. The lowest BCUT2D eigenvalue weighted by molar-refractivity contribution is 0.301. The van der Waals surface area contributed by atoms with E-state index in [1.807, 2.05) is 0 Å². The van der Waals surface area contributed by atoms with Crippen LogP contribution >= 0.6 is 0 Å². The van der Waals surface area contributed by atoms with Gasteiger partial charge >= 0.3 is 0 Å². The molecule has 0 aromatic rings. The number of dihydropyridines is 1. The first-order valence-corrected chi connectivity index (χ1v) is 11.8. The predicted molar refractivity (Wildman–Crippen MR) is 120 cm³/mol. The maximum Gasteiger partial charge on any atom is 0.0585 e. The molecular formula is C27H32N2. The maximum absolute atomic E-state index is 4.68. The molecule has 0 bridgehead atoms. The predicted octanol–water partition coefficient (Wildman–Crippen LogP) is 6.13. The molecule has 29 heavy (non-hydrogen) atoms. The number of hydrogen-bond acceptors (Lipinski definition) is 2. The van der Waals surface area contributed by atoms with Gasteiger partial charge in [-0.1, -0.05) is 42.5 Å². The monoisotopic (exact) mass is 384 g/mol. The van der Waals surface area contributed by atoms with Crippen LogP contribution in [-0.2, 0) is 0 Å². The Morgan fingerprint density at radius 3 is 2.97 bits per heavy atom. The van der Waals surface area contributed by atoms with Crippen molar-refractivity contribution in [2.45, 2.75) is 57.4 Å². The summed E-state index contributed by atoms with van der Waals surface area (Å²) in [5.74, 6) is 2.81. The van der Waals surface area contributed by atoms with Crippen molar-refractivity contribution in [3.05, 3.63) is 71.1 Å². The summed E-state index contributed by atoms with van der Waals surface area (Å²) < 4.78 is 0. The minimum Gasteiger partial charge on any atom is -0.341 e. The van der Waals surface area contributed by atoms with Crippen molar-refractivity contribution in [3.63, 3.8) is 0 Å². The molecule has 0 N–H and O–H groups in total. The van der Waals surface area contributed by atoms with Crippen LogP contribution in [0.25, 0.3) is 0 Å². The number of hydrogen-bond donors (Lipinski definition) is 0. The minimum absolute atomic E-state index is 0.554. The van der Waals surface area contributed by atoms with Gasteiger partial charge < -0.3 is 4.90 Å². The van der Waals surface area contributed by atoms with Gasteiger partial charge in [0.2, 0.25) is 0 Å². The van der Waals surface area contributed by atoms with Gasteiger partial charge in [0.15, 0.2) is 0 Å². The smallest absolute Gasteiger partial charge is 0.0585 e. The van der Waals surface area contributed by atoms with E-state index in [4.69, 9.17) is 0 Å². The third-order valence-electron chi connectivity index (χ3n) is 8.15. The Kier molecular flexibility index (Phi) is 4.47. The van der Waals surface area contributed by atoms with Gasteiger partial charge in [-0.25, -0.2) is 0 Å².